The van der Waals surface area contributed by atoms with Gasteiger partial charge in [-0.15, -0.1) is 0 Å². The van der Waals surface area contributed by atoms with Gasteiger partial charge in [-0.1, -0.05) is 29.8 Å². The minimum Gasteiger partial charge on any atom is -0.375 e. The van der Waals surface area contributed by atoms with Gasteiger partial charge in [-0.05, 0) is 55.2 Å². The van der Waals surface area contributed by atoms with Crippen molar-refractivity contribution in [2.45, 2.75) is 20.3 Å². The second-order valence-electron chi connectivity index (χ2n) is 5.52. The lowest BCUT2D eigenvalue weighted by atomic mass is 10.1. The maximum absolute atomic E-state index is 12.8. The summed E-state index contributed by atoms with van der Waals surface area (Å²) >= 11 is 6.19. The van der Waals surface area contributed by atoms with E-state index in [-0.39, 0.29) is 18.3 Å². The van der Waals surface area contributed by atoms with Gasteiger partial charge in [-0.2, -0.15) is 0 Å². The van der Waals surface area contributed by atoms with Crippen LogP contribution in [0, 0.1) is 19.7 Å². The number of hydrogen-bond acceptors (Lipinski definition) is 2. The Morgan fingerprint density at radius 3 is 2.52 bits per heavy atom. The van der Waals surface area contributed by atoms with Crippen molar-refractivity contribution in [1.82, 2.24) is 5.32 Å². The molecule has 0 fully saturated rings. The first-order valence-corrected chi connectivity index (χ1v) is 7.85. The zero-order valence-electron chi connectivity index (χ0n) is 13.2. The van der Waals surface area contributed by atoms with Gasteiger partial charge in [0, 0.05) is 6.54 Å². The first-order chi connectivity index (χ1) is 11.0. The second-order valence-corrected chi connectivity index (χ2v) is 5.93. The number of amides is 1. The molecule has 0 saturated carbocycles. The van der Waals surface area contributed by atoms with Gasteiger partial charge in [0.15, 0.2) is 0 Å². The molecule has 122 valence electrons. The Morgan fingerprint density at radius 2 is 1.87 bits per heavy atom. The average Bonchev–Trinajstić information content (AvgIpc) is 2.48. The summed E-state index contributed by atoms with van der Waals surface area (Å²) in [5.74, 6) is -0.365. The molecule has 0 saturated heterocycles. The van der Waals surface area contributed by atoms with E-state index in [9.17, 15) is 9.18 Å². The van der Waals surface area contributed by atoms with Crippen molar-refractivity contribution < 1.29 is 9.18 Å². The molecule has 0 heterocycles. The number of hydrogen-bond donors (Lipinski definition) is 2. The molecule has 3 nitrogen and oxygen atoms in total. The predicted molar refractivity (Wildman–Crippen MR) is 92.5 cm³/mol. The standard InChI is InChI=1S/C18H20ClFN2O/c1-12-9-13(2)18(16(19)10-12)22-11-17(23)21-8-7-14-3-5-15(20)6-4-14/h3-6,9-10,22H,7-8,11H2,1-2H3,(H,21,23). The molecular formula is C18H20ClFN2O. The van der Waals surface area contributed by atoms with E-state index in [1.165, 1.54) is 12.1 Å². The van der Waals surface area contributed by atoms with Gasteiger partial charge >= 0.3 is 0 Å². The van der Waals surface area contributed by atoms with Crippen LogP contribution in [0.1, 0.15) is 16.7 Å². The van der Waals surface area contributed by atoms with E-state index in [2.05, 4.69) is 10.6 Å². The van der Waals surface area contributed by atoms with E-state index in [0.29, 0.717) is 18.0 Å². The number of aryl methyl sites for hydroxylation is 2. The molecule has 5 heteroatoms. The predicted octanol–water partition coefficient (Wildman–Crippen LogP) is 3.87. The van der Waals surface area contributed by atoms with Gasteiger partial charge in [-0.3, -0.25) is 4.79 Å². The van der Waals surface area contributed by atoms with E-state index < -0.39 is 0 Å². The van der Waals surface area contributed by atoms with Crippen molar-refractivity contribution in [3.63, 3.8) is 0 Å². The Bertz CT molecular complexity index is 663. The molecule has 0 spiro atoms. The van der Waals surface area contributed by atoms with Gasteiger partial charge in [-0.25, -0.2) is 4.39 Å². The van der Waals surface area contributed by atoms with E-state index in [0.717, 1.165) is 22.4 Å². The van der Waals surface area contributed by atoms with Crippen molar-refractivity contribution in [3.8, 4) is 0 Å². The number of rotatable bonds is 6. The fraction of sp³-hybridized carbons (Fsp3) is 0.278. The van der Waals surface area contributed by atoms with Gasteiger partial charge in [0.05, 0.1) is 17.3 Å². The summed E-state index contributed by atoms with van der Waals surface area (Å²) in [4.78, 5) is 11.9. The highest BCUT2D eigenvalue weighted by molar-refractivity contribution is 6.33. The summed E-state index contributed by atoms with van der Waals surface area (Å²) < 4.78 is 12.8. The Kier molecular flexibility index (Phi) is 5.99. The van der Waals surface area contributed by atoms with Crippen LogP contribution < -0.4 is 10.6 Å². The maximum atomic E-state index is 12.8. The zero-order chi connectivity index (χ0) is 16.8. The number of carbonyl (C=O) groups excluding carboxylic acids is 1. The van der Waals surface area contributed by atoms with Gasteiger partial charge in [0.1, 0.15) is 5.82 Å². The largest absolute Gasteiger partial charge is 0.375 e. The van der Waals surface area contributed by atoms with Crippen LogP contribution in [-0.4, -0.2) is 19.0 Å². The number of nitrogens with one attached hydrogen (secondary N) is 2. The van der Waals surface area contributed by atoms with Gasteiger partial charge < -0.3 is 10.6 Å². The molecule has 2 N–H and O–H groups in total. The highest BCUT2D eigenvalue weighted by atomic mass is 35.5. The molecule has 0 aromatic heterocycles. The average molecular weight is 335 g/mol. The molecule has 0 bridgehead atoms. The van der Waals surface area contributed by atoms with Crippen molar-refractivity contribution in [1.29, 1.82) is 0 Å². The molecule has 2 aromatic rings. The monoisotopic (exact) mass is 334 g/mol. The molecular weight excluding hydrogens is 315 g/mol. The third-order valence-corrected chi connectivity index (χ3v) is 3.80. The van der Waals surface area contributed by atoms with Crippen LogP contribution in [0.2, 0.25) is 5.02 Å². The minimum atomic E-state index is -0.257. The van der Waals surface area contributed by atoms with Crippen molar-refractivity contribution in [2.75, 3.05) is 18.4 Å². The minimum absolute atomic E-state index is 0.108. The lowest BCUT2D eigenvalue weighted by Gasteiger charge is -2.12. The van der Waals surface area contributed by atoms with Gasteiger partial charge in [0.25, 0.3) is 0 Å². The second kappa shape index (κ2) is 7.97. The molecule has 0 atom stereocenters. The molecule has 2 aromatic carbocycles. The number of benzene rings is 2. The van der Waals surface area contributed by atoms with Crippen LogP contribution in [0.15, 0.2) is 36.4 Å². The summed E-state index contributed by atoms with van der Waals surface area (Å²) in [5.41, 5.74) is 3.86. The lowest BCUT2D eigenvalue weighted by molar-refractivity contribution is -0.119. The van der Waals surface area contributed by atoms with E-state index in [1.54, 1.807) is 12.1 Å². The first kappa shape index (κ1) is 17.3. The molecule has 0 aliphatic heterocycles. The smallest absolute Gasteiger partial charge is 0.239 e. The molecule has 23 heavy (non-hydrogen) atoms. The summed E-state index contributed by atoms with van der Waals surface area (Å²) in [7, 11) is 0. The third-order valence-electron chi connectivity index (χ3n) is 3.51. The van der Waals surface area contributed by atoms with Crippen LogP contribution in [0.4, 0.5) is 10.1 Å². The van der Waals surface area contributed by atoms with Crippen molar-refractivity contribution in [3.05, 3.63) is 63.9 Å². The Hall–Kier alpha value is -2.07. The Labute approximate surface area is 140 Å². The molecule has 0 unspecified atom stereocenters. The summed E-state index contributed by atoms with van der Waals surface area (Å²) in [6, 6.07) is 10.1. The fourth-order valence-corrected chi connectivity index (χ4v) is 2.76. The summed E-state index contributed by atoms with van der Waals surface area (Å²) in [6.07, 6.45) is 0.663. The SMILES string of the molecule is Cc1cc(C)c(NCC(=O)NCCc2ccc(F)cc2)c(Cl)c1. The maximum Gasteiger partial charge on any atom is 0.239 e. The van der Waals surface area contributed by atoms with E-state index in [1.807, 2.05) is 26.0 Å². The third kappa shape index (κ3) is 5.25. The van der Waals surface area contributed by atoms with Crippen molar-refractivity contribution in [2.24, 2.45) is 0 Å². The van der Waals surface area contributed by atoms with Gasteiger partial charge in [0.2, 0.25) is 5.91 Å². The normalized spacial score (nSPS) is 10.4. The first-order valence-electron chi connectivity index (χ1n) is 7.47. The van der Waals surface area contributed by atoms with Crippen LogP contribution in [-0.2, 0) is 11.2 Å². The topological polar surface area (TPSA) is 41.1 Å². The van der Waals surface area contributed by atoms with Crippen LogP contribution in [0.5, 0.6) is 0 Å². The Morgan fingerprint density at radius 1 is 1.17 bits per heavy atom. The molecule has 0 radical (unpaired) electrons. The Balaban J connectivity index is 1.78. The van der Waals surface area contributed by atoms with Crippen LogP contribution in [0.25, 0.3) is 0 Å². The number of halogens is 2. The number of anilines is 1. The van der Waals surface area contributed by atoms with Crippen LogP contribution >= 0.6 is 11.6 Å². The van der Waals surface area contributed by atoms with Crippen LogP contribution in [0.3, 0.4) is 0 Å². The number of carbonyl (C=O) groups is 1. The quantitative estimate of drug-likeness (QED) is 0.842. The zero-order valence-corrected chi connectivity index (χ0v) is 14.0. The lowest BCUT2D eigenvalue weighted by Crippen LogP contribution is -2.31. The molecule has 0 aliphatic rings. The summed E-state index contributed by atoms with van der Waals surface area (Å²) in [5, 5.41) is 6.51. The van der Waals surface area contributed by atoms with E-state index >= 15 is 0 Å². The molecule has 0 aliphatic carbocycles. The van der Waals surface area contributed by atoms with E-state index in [4.69, 9.17) is 11.6 Å². The highest BCUT2D eigenvalue weighted by Crippen LogP contribution is 2.26. The van der Waals surface area contributed by atoms with Crippen molar-refractivity contribution >= 4 is 23.2 Å². The molecule has 2 rings (SSSR count). The molecule has 1 amide bonds. The summed E-state index contributed by atoms with van der Waals surface area (Å²) in [6.45, 7) is 4.60. The fourth-order valence-electron chi connectivity index (χ4n) is 2.37. The highest BCUT2D eigenvalue weighted by Gasteiger charge is 2.07.